The number of carbonyl (C=O) groups is 2. The van der Waals surface area contributed by atoms with Gasteiger partial charge in [-0.2, -0.15) is 11.8 Å². The summed E-state index contributed by atoms with van der Waals surface area (Å²) in [6, 6.07) is 16.7. The fraction of sp³-hybridized carbons (Fsp3) is 0.463. The van der Waals surface area contributed by atoms with E-state index >= 15 is 0 Å². The Labute approximate surface area is 325 Å². The monoisotopic (exact) mass is 771 g/mol. The van der Waals surface area contributed by atoms with Crippen molar-refractivity contribution < 1.29 is 18.7 Å². The topological polar surface area (TPSA) is 112 Å². The lowest BCUT2D eigenvalue weighted by Crippen LogP contribution is -2.53. The van der Waals surface area contributed by atoms with Crippen molar-refractivity contribution in [2.45, 2.75) is 83.7 Å². The number of hydrogen-bond donors (Lipinski definition) is 3. The number of nitrogens with zero attached hydrogens (tertiary/aromatic N) is 4. The zero-order valence-electron chi connectivity index (χ0n) is 31.3. The highest BCUT2D eigenvalue weighted by Crippen LogP contribution is 2.33. The van der Waals surface area contributed by atoms with E-state index in [2.05, 4.69) is 73.8 Å². The van der Waals surface area contributed by atoms with Gasteiger partial charge in [-0.05, 0) is 86.9 Å². The van der Waals surface area contributed by atoms with Crippen LogP contribution in [0.1, 0.15) is 76.5 Å². The zero-order valence-corrected chi connectivity index (χ0v) is 32.9. The van der Waals surface area contributed by atoms with Crippen molar-refractivity contribution in [1.82, 2.24) is 35.7 Å². The first-order valence-corrected chi connectivity index (χ1v) is 21.1. The van der Waals surface area contributed by atoms with Crippen LogP contribution in [0.3, 0.4) is 0 Å². The molecule has 2 aromatic carbocycles. The largest absolute Gasteiger partial charge is 0.438 e. The van der Waals surface area contributed by atoms with E-state index in [-0.39, 0.29) is 29.4 Å². The average Bonchev–Trinajstić information content (AvgIpc) is 3.60. The van der Waals surface area contributed by atoms with Gasteiger partial charge in [-0.15, -0.1) is 11.3 Å². The summed E-state index contributed by atoms with van der Waals surface area (Å²) in [6.45, 7) is 12.3. The summed E-state index contributed by atoms with van der Waals surface area (Å²) >= 11 is 3.46. The summed E-state index contributed by atoms with van der Waals surface area (Å²) in [6.07, 6.45) is 3.86. The maximum absolute atomic E-state index is 14.5. The van der Waals surface area contributed by atoms with Gasteiger partial charge < -0.3 is 20.7 Å². The lowest BCUT2D eigenvalue weighted by Gasteiger charge is -2.36. The molecule has 1 unspecified atom stereocenters. The number of pyridine rings is 1. The lowest BCUT2D eigenvalue weighted by molar-refractivity contribution is 0.0888. The summed E-state index contributed by atoms with van der Waals surface area (Å²) in [7, 11) is 0. The Kier molecular flexibility index (Phi) is 12.6. The van der Waals surface area contributed by atoms with Crippen molar-refractivity contribution in [2.24, 2.45) is 0 Å². The molecule has 2 saturated heterocycles. The number of halogens is 1. The van der Waals surface area contributed by atoms with Crippen molar-refractivity contribution in [1.29, 1.82) is 0 Å². The van der Waals surface area contributed by atoms with Gasteiger partial charge in [0.1, 0.15) is 22.8 Å². The second-order valence-corrected chi connectivity index (χ2v) is 17.2. The number of rotatable bonds is 11. The highest BCUT2D eigenvalue weighted by atomic mass is 32.2. The molecule has 0 spiro atoms. The molecule has 54 heavy (non-hydrogen) atoms. The third kappa shape index (κ3) is 10.0. The third-order valence-electron chi connectivity index (χ3n) is 10.4. The molecule has 4 heterocycles. The van der Waals surface area contributed by atoms with Crippen molar-refractivity contribution in [3.63, 3.8) is 0 Å². The SMILES string of the molecule is Cc1nc(C(=O)NC2CCC(NC(=O)c3cc(F)cnc3Oc3cccc(-c4ccc(CN5CC(C)N[C@@H](C)C5)cc4CN4CCSCC4)c3)CC2)cs1. The molecular formula is C41H50FN7O3S2. The summed E-state index contributed by atoms with van der Waals surface area (Å²) in [5.41, 5.74) is 5.21. The van der Waals surface area contributed by atoms with Gasteiger partial charge in [-0.25, -0.2) is 14.4 Å². The normalized spacial score (nSPS) is 22.4. The first-order valence-electron chi connectivity index (χ1n) is 19.0. The van der Waals surface area contributed by atoms with Crippen LogP contribution < -0.4 is 20.7 Å². The lowest BCUT2D eigenvalue weighted by atomic mass is 9.91. The molecule has 3 fully saturated rings. The molecule has 1 aliphatic carbocycles. The summed E-state index contributed by atoms with van der Waals surface area (Å²) in [4.78, 5) is 39.7. The van der Waals surface area contributed by atoms with Gasteiger partial charge in [-0.3, -0.25) is 19.4 Å². The number of ether oxygens (including phenoxy) is 1. The Morgan fingerprint density at radius 2 is 1.65 bits per heavy atom. The molecule has 0 radical (unpaired) electrons. The number of aromatic nitrogens is 2. The fourth-order valence-corrected chi connectivity index (χ4v) is 9.44. The molecule has 7 rings (SSSR count). The maximum atomic E-state index is 14.5. The van der Waals surface area contributed by atoms with Crippen LogP contribution in [0.5, 0.6) is 11.6 Å². The number of thiazole rings is 1. The van der Waals surface area contributed by atoms with Crippen LogP contribution in [0.25, 0.3) is 11.1 Å². The van der Waals surface area contributed by atoms with E-state index in [4.69, 9.17) is 4.74 Å². The quantitative estimate of drug-likeness (QED) is 0.155. The molecule has 2 aromatic heterocycles. The minimum atomic E-state index is -0.615. The summed E-state index contributed by atoms with van der Waals surface area (Å²) < 4.78 is 20.8. The predicted octanol–water partition coefficient (Wildman–Crippen LogP) is 6.65. The Bertz CT molecular complexity index is 1920. The van der Waals surface area contributed by atoms with Crippen molar-refractivity contribution in [3.05, 3.63) is 93.3 Å². The van der Waals surface area contributed by atoms with Crippen LogP contribution in [0.2, 0.25) is 0 Å². The van der Waals surface area contributed by atoms with E-state index < -0.39 is 11.7 Å². The van der Waals surface area contributed by atoms with Crippen molar-refractivity contribution >= 4 is 34.9 Å². The first kappa shape index (κ1) is 38.4. The molecule has 13 heteroatoms. The van der Waals surface area contributed by atoms with Gasteiger partial charge in [-0.1, -0.05) is 30.3 Å². The van der Waals surface area contributed by atoms with Gasteiger partial charge in [0.05, 0.1) is 11.2 Å². The predicted molar refractivity (Wildman–Crippen MR) is 214 cm³/mol. The average molecular weight is 772 g/mol. The molecule has 2 amide bonds. The van der Waals surface area contributed by atoms with E-state index in [1.165, 1.54) is 28.5 Å². The Hall–Kier alpha value is -3.88. The molecular weight excluding hydrogens is 722 g/mol. The number of hydrogen-bond acceptors (Lipinski definition) is 10. The Morgan fingerprint density at radius 3 is 2.35 bits per heavy atom. The molecule has 2 aliphatic heterocycles. The molecule has 286 valence electrons. The van der Waals surface area contributed by atoms with Crippen molar-refractivity contribution in [2.75, 3.05) is 37.7 Å². The van der Waals surface area contributed by atoms with Crippen LogP contribution in [-0.2, 0) is 13.1 Å². The Balaban J connectivity index is 1.04. The highest BCUT2D eigenvalue weighted by molar-refractivity contribution is 7.99. The number of nitrogens with one attached hydrogen (secondary N) is 3. The number of benzene rings is 2. The van der Waals surface area contributed by atoms with E-state index in [9.17, 15) is 14.0 Å². The molecule has 3 aliphatic rings. The van der Waals surface area contributed by atoms with Gasteiger partial charge in [0.25, 0.3) is 11.8 Å². The molecule has 0 bridgehead atoms. The third-order valence-corrected chi connectivity index (χ3v) is 12.1. The molecule has 2 atom stereocenters. The standard InChI is InChI=1S/C41H50FN7O3S2/c1-26-21-49(22-27(2)44-26)23-29-7-12-36(31(17-29)24-48-13-15-53-16-14-48)30-5-4-6-35(18-30)52-41-37(19-32(42)20-43-41)39(50)46-33-8-10-34(11-9-33)47-40(51)38-25-54-28(3)45-38/h4-7,12,17-20,25-27,33-34,44H,8-11,13-16,21-24H2,1-3H3,(H,46,50)(H,47,51)/t26-,27?,33?,34?/m0/s1. The van der Waals surface area contributed by atoms with Crippen molar-refractivity contribution in [3.8, 4) is 22.8 Å². The van der Waals surface area contributed by atoms with Crippen LogP contribution in [0.4, 0.5) is 4.39 Å². The number of thioether (sulfide) groups is 1. The van der Waals surface area contributed by atoms with Crippen LogP contribution >= 0.6 is 23.1 Å². The van der Waals surface area contributed by atoms with Crippen LogP contribution in [0.15, 0.2) is 60.1 Å². The Morgan fingerprint density at radius 1 is 0.926 bits per heavy atom. The van der Waals surface area contributed by atoms with Gasteiger partial charge in [0.2, 0.25) is 5.88 Å². The van der Waals surface area contributed by atoms with E-state index in [1.54, 1.807) is 5.38 Å². The van der Waals surface area contributed by atoms with Crippen LogP contribution in [-0.4, -0.2) is 93.4 Å². The maximum Gasteiger partial charge on any atom is 0.270 e. The number of carbonyl (C=O) groups excluding carboxylic acids is 2. The summed E-state index contributed by atoms with van der Waals surface area (Å²) in [5.74, 6) is 1.62. The number of amides is 2. The van der Waals surface area contributed by atoms with E-state index in [1.807, 2.05) is 36.9 Å². The fourth-order valence-electron chi connectivity index (χ4n) is 7.87. The molecule has 4 aromatic rings. The van der Waals surface area contributed by atoms with Gasteiger partial charge >= 0.3 is 0 Å². The van der Waals surface area contributed by atoms with Crippen LogP contribution in [0, 0.1) is 12.7 Å². The number of aryl methyl sites for hydroxylation is 1. The second-order valence-electron chi connectivity index (χ2n) is 14.9. The molecule has 1 saturated carbocycles. The van der Waals surface area contributed by atoms with Gasteiger partial charge in [0.15, 0.2) is 0 Å². The van der Waals surface area contributed by atoms with Gasteiger partial charge in [0, 0.05) is 80.3 Å². The smallest absolute Gasteiger partial charge is 0.270 e. The van der Waals surface area contributed by atoms with E-state index in [0.717, 1.165) is 73.1 Å². The molecule has 10 nitrogen and oxygen atoms in total. The first-order chi connectivity index (χ1) is 26.1. The second kappa shape index (κ2) is 17.7. The van der Waals surface area contributed by atoms with E-state index in [0.29, 0.717) is 49.2 Å². The minimum absolute atomic E-state index is 0.00472. The summed E-state index contributed by atoms with van der Waals surface area (Å²) in [5, 5.41) is 12.4. The number of piperazine rings is 1. The highest BCUT2D eigenvalue weighted by Gasteiger charge is 2.27. The minimum Gasteiger partial charge on any atom is -0.438 e. The molecule has 3 N–H and O–H groups in total. The zero-order chi connectivity index (χ0) is 37.6.